The average molecular weight is 284 g/mol. The van der Waals surface area contributed by atoms with E-state index in [4.69, 9.17) is 0 Å². The Labute approximate surface area is 105 Å². The van der Waals surface area contributed by atoms with Crippen molar-refractivity contribution in [3.05, 3.63) is 33.8 Å². The van der Waals surface area contributed by atoms with Gasteiger partial charge in [0.15, 0.2) is 0 Å². The lowest BCUT2D eigenvalue weighted by molar-refractivity contribution is 0.153. The van der Waals surface area contributed by atoms with E-state index in [1.54, 1.807) is 0 Å². The fourth-order valence-electron chi connectivity index (χ4n) is 2.28. The van der Waals surface area contributed by atoms with Crippen molar-refractivity contribution in [1.29, 1.82) is 0 Å². The second-order valence-electron chi connectivity index (χ2n) is 4.53. The molecule has 0 amide bonds. The Morgan fingerprint density at radius 3 is 3.00 bits per heavy atom. The van der Waals surface area contributed by atoms with Gasteiger partial charge in [0.25, 0.3) is 0 Å². The quantitative estimate of drug-likeness (QED) is 0.922. The van der Waals surface area contributed by atoms with Crippen molar-refractivity contribution in [1.82, 2.24) is 4.90 Å². The maximum Gasteiger partial charge on any atom is 0.0587 e. The summed E-state index contributed by atoms with van der Waals surface area (Å²) in [4.78, 5) is 2.37. The molecule has 0 bridgehead atoms. The van der Waals surface area contributed by atoms with Gasteiger partial charge in [-0.25, -0.2) is 0 Å². The molecule has 1 atom stereocenters. The monoisotopic (exact) mass is 283 g/mol. The number of aryl methyl sites for hydroxylation is 1. The molecular weight excluding hydrogens is 266 g/mol. The summed E-state index contributed by atoms with van der Waals surface area (Å²) in [5.74, 6) is 0. The predicted octanol–water partition coefficient (Wildman–Crippen LogP) is 2.71. The molecule has 0 radical (unpaired) electrons. The number of rotatable bonds is 3. The van der Waals surface area contributed by atoms with Crippen LogP contribution in [0.4, 0.5) is 0 Å². The molecule has 1 aliphatic rings. The molecule has 2 rings (SSSR count). The van der Waals surface area contributed by atoms with Crippen LogP contribution in [0, 0.1) is 6.92 Å². The number of aliphatic hydroxyl groups excluding tert-OH is 1. The summed E-state index contributed by atoms with van der Waals surface area (Å²) < 4.78 is 1.17. The van der Waals surface area contributed by atoms with Crippen LogP contribution in [0.2, 0.25) is 0 Å². The first-order valence-electron chi connectivity index (χ1n) is 5.80. The van der Waals surface area contributed by atoms with Gasteiger partial charge in [-0.15, -0.1) is 0 Å². The van der Waals surface area contributed by atoms with Gasteiger partial charge < -0.3 is 5.11 Å². The molecular formula is C13H18BrNO. The Morgan fingerprint density at radius 1 is 1.50 bits per heavy atom. The van der Waals surface area contributed by atoms with E-state index in [-0.39, 0.29) is 6.61 Å². The van der Waals surface area contributed by atoms with E-state index in [1.165, 1.54) is 22.0 Å². The van der Waals surface area contributed by atoms with Crippen molar-refractivity contribution in [3.63, 3.8) is 0 Å². The third-order valence-corrected chi connectivity index (χ3v) is 4.19. The molecule has 88 valence electrons. The van der Waals surface area contributed by atoms with Crippen molar-refractivity contribution in [3.8, 4) is 0 Å². The van der Waals surface area contributed by atoms with Crippen molar-refractivity contribution >= 4 is 15.9 Å². The van der Waals surface area contributed by atoms with E-state index in [9.17, 15) is 5.11 Å². The van der Waals surface area contributed by atoms with E-state index in [0.717, 1.165) is 19.5 Å². The second-order valence-corrected chi connectivity index (χ2v) is 5.39. The molecule has 3 heteroatoms. The second kappa shape index (κ2) is 5.30. The average Bonchev–Trinajstić information content (AvgIpc) is 2.71. The van der Waals surface area contributed by atoms with Crippen LogP contribution < -0.4 is 0 Å². The van der Waals surface area contributed by atoms with E-state index < -0.39 is 0 Å². The molecule has 1 N–H and O–H groups in total. The van der Waals surface area contributed by atoms with Gasteiger partial charge in [0, 0.05) is 17.1 Å². The van der Waals surface area contributed by atoms with Crippen LogP contribution in [0.15, 0.2) is 22.7 Å². The first kappa shape index (κ1) is 12.1. The summed E-state index contributed by atoms with van der Waals surface area (Å²) in [6, 6.07) is 6.86. The van der Waals surface area contributed by atoms with Crippen LogP contribution in [-0.2, 0) is 6.54 Å². The number of hydrogen-bond acceptors (Lipinski definition) is 2. The number of halogens is 1. The van der Waals surface area contributed by atoms with Crippen LogP contribution in [0.1, 0.15) is 24.0 Å². The summed E-state index contributed by atoms with van der Waals surface area (Å²) in [5, 5.41) is 9.26. The maximum absolute atomic E-state index is 9.26. The number of aliphatic hydroxyl groups is 1. The summed E-state index contributed by atoms with van der Waals surface area (Å²) in [7, 11) is 0. The summed E-state index contributed by atoms with van der Waals surface area (Å²) in [6.07, 6.45) is 2.34. The zero-order valence-corrected chi connectivity index (χ0v) is 11.2. The largest absolute Gasteiger partial charge is 0.395 e. The highest BCUT2D eigenvalue weighted by atomic mass is 79.9. The molecule has 0 aliphatic carbocycles. The minimum atomic E-state index is 0.285. The summed E-state index contributed by atoms with van der Waals surface area (Å²) in [6.45, 7) is 4.44. The first-order chi connectivity index (χ1) is 7.70. The molecule has 1 fully saturated rings. The van der Waals surface area contributed by atoms with Gasteiger partial charge in [0.1, 0.15) is 0 Å². The molecule has 16 heavy (non-hydrogen) atoms. The molecule has 0 spiro atoms. The highest BCUT2D eigenvalue weighted by Crippen LogP contribution is 2.22. The standard InChI is InChI=1S/C13H18BrNO/c1-10-4-5-11(7-13(10)14)8-15-6-2-3-12(15)9-16/h4-5,7,12,16H,2-3,6,8-9H2,1H3/t12-/m1/s1. The normalized spacial score (nSPS) is 21.6. The fourth-order valence-corrected chi connectivity index (χ4v) is 2.71. The number of likely N-dealkylation sites (tertiary alicyclic amines) is 1. The Bertz CT molecular complexity index is 367. The summed E-state index contributed by atoms with van der Waals surface area (Å²) in [5.41, 5.74) is 2.58. The van der Waals surface area contributed by atoms with Gasteiger partial charge in [-0.1, -0.05) is 28.1 Å². The zero-order valence-electron chi connectivity index (χ0n) is 9.62. The maximum atomic E-state index is 9.26. The SMILES string of the molecule is Cc1ccc(CN2CCC[C@@H]2CO)cc1Br. The third kappa shape index (κ3) is 2.65. The first-order valence-corrected chi connectivity index (χ1v) is 6.60. The van der Waals surface area contributed by atoms with Crippen LogP contribution >= 0.6 is 15.9 Å². The summed E-state index contributed by atoms with van der Waals surface area (Å²) >= 11 is 3.56. The molecule has 1 aliphatic heterocycles. The lowest BCUT2D eigenvalue weighted by Gasteiger charge is -2.22. The highest BCUT2D eigenvalue weighted by molar-refractivity contribution is 9.10. The molecule has 1 heterocycles. The van der Waals surface area contributed by atoms with E-state index in [1.807, 2.05) is 0 Å². The van der Waals surface area contributed by atoms with Gasteiger partial charge >= 0.3 is 0 Å². The van der Waals surface area contributed by atoms with Gasteiger partial charge in [0.05, 0.1) is 6.61 Å². The van der Waals surface area contributed by atoms with E-state index in [0.29, 0.717) is 6.04 Å². The van der Waals surface area contributed by atoms with Crippen molar-refractivity contribution < 1.29 is 5.11 Å². The minimum absolute atomic E-state index is 0.285. The van der Waals surface area contributed by atoms with Crippen LogP contribution in [-0.4, -0.2) is 29.2 Å². The minimum Gasteiger partial charge on any atom is -0.395 e. The molecule has 1 saturated heterocycles. The Morgan fingerprint density at radius 2 is 2.31 bits per heavy atom. The number of benzene rings is 1. The lowest BCUT2D eigenvalue weighted by atomic mass is 10.1. The molecule has 1 aromatic carbocycles. The van der Waals surface area contributed by atoms with Crippen molar-refractivity contribution in [2.24, 2.45) is 0 Å². The molecule has 0 aromatic heterocycles. The predicted molar refractivity (Wildman–Crippen MR) is 69.4 cm³/mol. The molecule has 1 aromatic rings. The topological polar surface area (TPSA) is 23.5 Å². The van der Waals surface area contributed by atoms with Crippen LogP contribution in [0.25, 0.3) is 0 Å². The van der Waals surface area contributed by atoms with Gasteiger partial charge in [0.2, 0.25) is 0 Å². The highest BCUT2D eigenvalue weighted by Gasteiger charge is 2.23. The van der Waals surface area contributed by atoms with Crippen molar-refractivity contribution in [2.75, 3.05) is 13.2 Å². The van der Waals surface area contributed by atoms with Crippen molar-refractivity contribution in [2.45, 2.75) is 32.4 Å². The van der Waals surface area contributed by atoms with Gasteiger partial charge in [-0.05, 0) is 43.5 Å². The van der Waals surface area contributed by atoms with E-state index in [2.05, 4.69) is 46.0 Å². The van der Waals surface area contributed by atoms with Gasteiger partial charge in [-0.2, -0.15) is 0 Å². The molecule has 0 saturated carbocycles. The Kier molecular flexibility index (Phi) is 4.00. The number of nitrogens with zero attached hydrogens (tertiary/aromatic N) is 1. The zero-order chi connectivity index (χ0) is 11.5. The fraction of sp³-hybridized carbons (Fsp3) is 0.538. The lowest BCUT2D eigenvalue weighted by Crippen LogP contribution is -2.31. The Hall–Kier alpha value is -0.380. The Balaban J connectivity index is 2.05. The van der Waals surface area contributed by atoms with Crippen LogP contribution in [0.5, 0.6) is 0 Å². The molecule has 2 nitrogen and oxygen atoms in total. The smallest absolute Gasteiger partial charge is 0.0587 e. The van der Waals surface area contributed by atoms with Gasteiger partial charge in [-0.3, -0.25) is 4.90 Å². The van der Waals surface area contributed by atoms with Crippen LogP contribution in [0.3, 0.4) is 0 Å². The third-order valence-electron chi connectivity index (χ3n) is 3.33. The van der Waals surface area contributed by atoms with E-state index >= 15 is 0 Å². The number of hydrogen-bond donors (Lipinski definition) is 1. The molecule has 0 unspecified atom stereocenters.